The summed E-state index contributed by atoms with van der Waals surface area (Å²) in [5.74, 6) is -5.15. The van der Waals surface area contributed by atoms with Gasteiger partial charge >= 0.3 is 5.97 Å². The summed E-state index contributed by atoms with van der Waals surface area (Å²) in [6.07, 6.45) is -2.17. The van der Waals surface area contributed by atoms with Crippen LogP contribution in [0.5, 0.6) is 0 Å². The van der Waals surface area contributed by atoms with Crippen LogP contribution in [0.3, 0.4) is 0 Å². The number of esters is 1. The highest BCUT2D eigenvalue weighted by molar-refractivity contribution is 7.13. The van der Waals surface area contributed by atoms with Crippen LogP contribution in [0.4, 0.5) is 10.2 Å². The van der Waals surface area contributed by atoms with Crippen molar-refractivity contribution in [1.82, 2.24) is 14.9 Å². The first kappa shape index (κ1) is 57.2. The number of fused-ring (bicyclic) bond motifs is 3. The molecule has 72 heavy (non-hydrogen) atoms. The zero-order chi connectivity index (χ0) is 53.2. The van der Waals surface area contributed by atoms with Crippen LogP contribution < -0.4 is 11.1 Å². The Morgan fingerprint density at radius 1 is 1.10 bits per heavy atom. The van der Waals surface area contributed by atoms with Gasteiger partial charge in [0.15, 0.2) is 18.7 Å². The Morgan fingerprint density at radius 2 is 1.81 bits per heavy atom. The number of amides is 2. The summed E-state index contributed by atoms with van der Waals surface area (Å²) in [5, 5.41) is 34.6. The molecule has 2 aromatic rings. The zero-order valence-electron chi connectivity index (χ0n) is 44.6. The molecule has 2 aliphatic heterocycles. The van der Waals surface area contributed by atoms with E-state index in [2.05, 4.69) is 10.3 Å². The van der Waals surface area contributed by atoms with E-state index in [0.717, 1.165) is 6.92 Å². The number of pyridine rings is 1. The van der Waals surface area contributed by atoms with Crippen molar-refractivity contribution in [2.75, 3.05) is 19.4 Å². The summed E-state index contributed by atoms with van der Waals surface area (Å²) >= 11 is 1.35. The lowest BCUT2D eigenvalue weighted by atomic mass is 9.66. The second-order valence-electron chi connectivity index (χ2n) is 22.3. The minimum atomic E-state index is -3.15. The number of alkyl halides is 1. The van der Waals surface area contributed by atoms with Crippen LogP contribution in [0, 0.1) is 40.4 Å². The third-order valence-corrected chi connectivity index (χ3v) is 17.1. The second kappa shape index (κ2) is 22.8. The first-order chi connectivity index (χ1) is 33.7. The zero-order valence-corrected chi connectivity index (χ0v) is 45.4. The van der Waals surface area contributed by atoms with Crippen LogP contribution in [0.1, 0.15) is 140 Å². The van der Waals surface area contributed by atoms with E-state index >= 15 is 4.39 Å². The van der Waals surface area contributed by atoms with Gasteiger partial charge in [-0.05, 0) is 122 Å². The monoisotopic (exact) mass is 1030 g/mol. The Morgan fingerprint density at radius 3 is 2.46 bits per heavy atom. The maximum Gasteiger partial charge on any atom is 0.351 e. The van der Waals surface area contributed by atoms with Gasteiger partial charge in [0.25, 0.3) is 5.67 Å². The highest BCUT2D eigenvalue weighted by Gasteiger charge is 2.73. The van der Waals surface area contributed by atoms with E-state index < -0.39 is 82.2 Å². The highest BCUT2D eigenvalue weighted by Crippen LogP contribution is 2.74. The quantitative estimate of drug-likeness (QED) is 0.0866. The van der Waals surface area contributed by atoms with Crippen molar-refractivity contribution < 1.29 is 52.8 Å². The van der Waals surface area contributed by atoms with Gasteiger partial charge in [-0.2, -0.15) is 0 Å². The number of ether oxygens (including phenoxy) is 3. The number of halogens is 1. The van der Waals surface area contributed by atoms with Gasteiger partial charge in [0, 0.05) is 40.8 Å². The number of anilines is 1. The predicted octanol–water partition coefficient (Wildman–Crippen LogP) is 7.46. The molecule has 2 aromatic heterocycles. The third kappa shape index (κ3) is 12.0. The number of carbonyl (C=O) groups is 4. The topological polar surface area (TPSA) is 237 Å². The fourth-order valence-electron chi connectivity index (χ4n) is 11.7. The first-order valence-electron chi connectivity index (χ1n) is 25.8. The number of ketones is 1. The average molecular weight is 1030 g/mol. The van der Waals surface area contributed by atoms with E-state index in [-0.39, 0.29) is 68.1 Å². The lowest BCUT2D eigenvalue weighted by Gasteiger charge is -2.46. The molecule has 15 atom stereocenters. The molecular weight excluding hydrogens is 946 g/mol. The van der Waals surface area contributed by atoms with Crippen LogP contribution in [0.2, 0.25) is 0 Å². The molecular formula is C53H80FN7O10S. The van der Waals surface area contributed by atoms with Crippen molar-refractivity contribution in [3.05, 3.63) is 29.3 Å². The van der Waals surface area contributed by atoms with Crippen LogP contribution >= 0.6 is 11.3 Å². The molecule has 1 spiro atoms. The van der Waals surface area contributed by atoms with Gasteiger partial charge in [-0.25, -0.2) is 24.1 Å². The van der Waals surface area contributed by atoms with Gasteiger partial charge in [-0.1, -0.05) is 66.6 Å². The summed E-state index contributed by atoms with van der Waals surface area (Å²) in [6, 6.07) is 4.21. The number of nitrogens with two attached hydrogens (primary N) is 1. The molecule has 0 aromatic carbocycles. The summed E-state index contributed by atoms with van der Waals surface area (Å²) in [6.45, 7) is 19.3. The lowest BCUT2D eigenvalue weighted by Crippen LogP contribution is -2.58. The largest absolute Gasteiger partial charge is 0.457 e. The molecule has 400 valence electrons. The highest BCUT2D eigenvalue weighted by atomic mass is 32.1. The van der Waals surface area contributed by atoms with Crippen molar-refractivity contribution in [2.24, 2.45) is 56.3 Å². The molecule has 4 aliphatic rings. The predicted molar refractivity (Wildman–Crippen MR) is 274 cm³/mol. The number of likely N-dealkylation sites (N-methyl/N-ethyl adjacent to an activating group) is 1. The molecule has 4 heterocycles. The summed E-state index contributed by atoms with van der Waals surface area (Å²) < 4.78 is 36.3. The van der Waals surface area contributed by atoms with E-state index in [1.807, 2.05) is 65.9 Å². The molecule has 5 N–H and O–H groups in total. The Kier molecular flexibility index (Phi) is 18.1. The number of nitrogens with zero attached hydrogens (tertiary/aromatic N) is 5. The maximum absolute atomic E-state index is 17.2. The number of aliphatic hydroxyl groups excluding tert-OH is 1. The maximum atomic E-state index is 17.2. The Hall–Kier alpha value is -4.11. The van der Waals surface area contributed by atoms with E-state index in [9.17, 15) is 29.4 Å². The number of carbonyl (C=O) groups excluding carboxylic acids is 4. The Balaban J connectivity index is 1.45. The number of aliphatic hydroxyl groups is 2. The number of hydrogen-bond acceptors (Lipinski definition) is 16. The Labute approximate surface area is 428 Å². The van der Waals surface area contributed by atoms with Gasteiger partial charge in [-0.15, -0.1) is 11.3 Å². The number of hydrogen-bond donors (Lipinski definition) is 4. The fourth-order valence-corrected chi connectivity index (χ4v) is 12.5. The molecule has 4 unspecified atom stereocenters. The number of aliphatic imine (C=N–C) groups is 1. The van der Waals surface area contributed by atoms with Crippen molar-refractivity contribution in [3.63, 3.8) is 0 Å². The van der Waals surface area contributed by atoms with Gasteiger partial charge in [0.2, 0.25) is 11.8 Å². The van der Waals surface area contributed by atoms with E-state index in [1.54, 1.807) is 39.0 Å². The van der Waals surface area contributed by atoms with E-state index in [4.69, 9.17) is 39.9 Å². The third-order valence-electron chi connectivity index (χ3n) is 16.2. The summed E-state index contributed by atoms with van der Waals surface area (Å²) in [4.78, 5) is 77.3. The van der Waals surface area contributed by atoms with E-state index in [0.29, 0.717) is 65.7 Å². The number of aromatic nitrogens is 2. The normalized spacial score (nSPS) is 37.3. The number of oxime groups is 1. The average Bonchev–Trinajstić information content (AvgIpc) is 3.64. The fraction of sp³-hybridized carbons (Fsp3) is 0.736. The van der Waals surface area contributed by atoms with Gasteiger partial charge in [0.05, 0.1) is 29.7 Å². The number of cyclic esters (lactones) is 1. The number of Topliss-reactive ketones (excluding diaryl/α,β-unsaturated/α-hetero) is 1. The first-order valence-corrected chi connectivity index (χ1v) is 26.7. The summed E-state index contributed by atoms with van der Waals surface area (Å²) in [5.41, 5.74) is 1.63. The number of thiazole rings is 1. The molecule has 2 aliphatic carbocycles. The second-order valence-corrected chi connectivity index (χ2v) is 23.2. The van der Waals surface area contributed by atoms with Crippen LogP contribution in [-0.2, 0) is 44.8 Å². The molecule has 2 bridgehead atoms. The van der Waals surface area contributed by atoms with Crippen molar-refractivity contribution in [1.29, 1.82) is 0 Å². The summed E-state index contributed by atoms with van der Waals surface area (Å²) in [7, 11) is 3.70. The molecule has 2 saturated heterocycles. The van der Waals surface area contributed by atoms with Crippen molar-refractivity contribution >= 4 is 52.1 Å². The lowest BCUT2D eigenvalue weighted by molar-refractivity contribution is -0.281. The van der Waals surface area contributed by atoms with Crippen LogP contribution in [0.15, 0.2) is 33.7 Å². The van der Waals surface area contributed by atoms with Crippen LogP contribution in [0.25, 0.3) is 10.7 Å². The molecule has 6 rings (SSSR count). The standard InChI is InChI=1S/C53H80FN7O10S/c1-14-39-52(11,67)33-20-19-29(5)42(59-41(62)15-2)32(8)53(24-34(23-33)60-68-25-35-26-72-47(56-35)37-17-16-18-40(57-37)58-46(65)36(55)21-28(3)4)27-50(53,9)45(31(7)44(64)51(10,54)49(66)70-39)71-48-43(63)38(61(12)13)22-30(6)69-48/h16-18,26,28-33,36,38-39,43,45,48,63,67H,14-15,19-25,27,55H2,1-13H3,(H,57,58,65)/b59-42?,60-34+/t29-,30?,31+,32+,33?,36?,38+,39-,43-,45-,48+,50+,51+,52+,53?/m1/s1. The van der Waals surface area contributed by atoms with Gasteiger partial charge < -0.3 is 45.2 Å². The SMILES string of the molecule is CCC(=O)N=C1[C@H](C)CCC2C/C(=N\OCc3csc(-c4cccc(NC(=O)C(N)CC(C)C)n4)n3)CC3(C[C@@]3(C)[C@H](O[C@@H]3OC(C)C[C@H](N(C)C)[C@H]3O)[C@@H](C)C(=O)[C@](C)(F)C(=O)O[C@H](CC)[C@@]2(C)O)[C@H]1C. The van der Waals surface area contributed by atoms with Gasteiger partial charge in [0.1, 0.15) is 34.3 Å². The molecule has 17 nitrogen and oxygen atoms in total. The Bertz CT molecular complexity index is 2340. The molecule has 0 radical (unpaired) electrons. The van der Waals surface area contributed by atoms with Gasteiger partial charge in [-0.3, -0.25) is 14.4 Å². The molecule has 4 fully saturated rings. The smallest absolute Gasteiger partial charge is 0.351 e. The number of rotatable bonds is 13. The van der Waals surface area contributed by atoms with E-state index in [1.165, 1.54) is 18.3 Å². The molecule has 19 heteroatoms. The van der Waals surface area contributed by atoms with Crippen molar-refractivity contribution in [3.8, 4) is 10.7 Å². The minimum Gasteiger partial charge on any atom is -0.457 e. The van der Waals surface area contributed by atoms with Crippen LogP contribution in [-0.4, -0.2) is 128 Å². The minimum absolute atomic E-state index is 0.0419. The van der Waals surface area contributed by atoms with Crippen molar-refractivity contribution in [2.45, 2.75) is 195 Å². The number of nitrogens with one attached hydrogen (secondary N) is 1. The molecule has 2 saturated carbocycles. The molecule has 2 amide bonds.